The number of nitrogens with two attached hydrogens (primary N) is 2. The highest BCUT2D eigenvalue weighted by molar-refractivity contribution is 6.09. The molecule has 286 valence electrons. The third-order valence-corrected chi connectivity index (χ3v) is 10.4. The van der Waals surface area contributed by atoms with Gasteiger partial charge in [0.05, 0.1) is 34.2 Å². The van der Waals surface area contributed by atoms with Crippen LogP contribution in [0, 0.1) is 20.8 Å². The van der Waals surface area contributed by atoms with Gasteiger partial charge in [0.25, 0.3) is 5.52 Å². The number of fused-ring (bicyclic) bond motifs is 2. The fraction of sp³-hybridized carbons (Fsp3) is 0.283. The maximum absolute atomic E-state index is 6.37. The van der Waals surface area contributed by atoms with Crippen LogP contribution in [0.2, 0.25) is 0 Å². The third kappa shape index (κ3) is 8.97. The molecule has 0 bridgehead atoms. The summed E-state index contributed by atoms with van der Waals surface area (Å²) >= 11 is 0. The van der Waals surface area contributed by atoms with Crippen molar-refractivity contribution in [2.24, 2.45) is 9.98 Å². The minimum absolute atomic E-state index is 0.673. The lowest BCUT2D eigenvalue weighted by Gasteiger charge is -2.17. The lowest BCUT2D eigenvalue weighted by atomic mass is 10.1. The SMILES string of the molecule is CC1=NC(=Nc2cc(C)c(N)cc2Nc2ccccc2)CC=C1NCCCCCCCCNc1cc2c(nc1C)nc1cc(C)c(N)cc1[n+]2-c1ccccc1. The zero-order chi connectivity index (χ0) is 39.0. The van der Waals surface area contributed by atoms with E-state index in [2.05, 4.69) is 63.8 Å². The molecule has 0 unspecified atom stereocenters. The Bertz CT molecular complexity index is 2440. The molecule has 0 amide bonds. The molecule has 0 fully saturated rings. The van der Waals surface area contributed by atoms with Crippen LogP contribution in [0.15, 0.2) is 113 Å². The van der Waals surface area contributed by atoms with Crippen molar-refractivity contribution in [1.29, 1.82) is 0 Å². The summed E-state index contributed by atoms with van der Waals surface area (Å²) in [5, 5.41) is 10.7. The van der Waals surface area contributed by atoms with Crippen LogP contribution in [0.5, 0.6) is 0 Å². The number of unbranched alkanes of at least 4 members (excludes halogenated alkanes) is 5. The Kier molecular flexibility index (Phi) is 11.8. The topological polar surface area (TPSA) is 143 Å². The van der Waals surface area contributed by atoms with Gasteiger partial charge in [-0.05, 0) is 82.0 Å². The molecule has 10 nitrogen and oxygen atoms in total. The van der Waals surface area contributed by atoms with Crippen molar-refractivity contribution in [1.82, 2.24) is 15.3 Å². The number of aliphatic imine (C=N–C) groups is 2. The summed E-state index contributed by atoms with van der Waals surface area (Å²) in [6.45, 7) is 9.95. The zero-order valence-corrected chi connectivity index (χ0v) is 33.0. The number of nitrogen functional groups attached to an aromatic ring is 2. The predicted molar refractivity (Wildman–Crippen MR) is 235 cm³/mol. The molecule has 10 heteroatoms. The summed E-state index contributed by atoms with van der Waals surface area (Å²) in [6.07, 6.45) is 9.92. The molecule has 0 aliphatic carbocycles. The molecule has 1 aliphatic rings. The number of allylic oxidation sites excluding steroid dienone is 1. The first-order valence-electron chi connectivity index (χ1n) is 19.8. The van der Waals surface area contributed by atoms with Crippen LogP contribution in [-0.2, 0) is 0 Å². The quantitative estimate of drug-likeness (QED) is 0.0305. The van der Waals surface area contributed by atoms with Crippen molar-refractivity contribution < 1.29 is 4.57 Å². The number of para-hydroxylation sites is 2. The Morgan fingerprint density at radius 1 is 0.679 bits per heavy atom. The van der Waals surface area contributed by atoms with Crippen LogP contribution in [0.25, 0.3) is 27.9 Å². The van der Waals surface area contributed by atoms with E-state index in [1.54, 1.807) is 0 Å². The molecular formula is C46H53N10+. The molecule has 7 N–H and O–H groups in total. The Hall–Kier alpha value is -6.29. The summed E-state index contributed by atoms with van der Waals surface area (Å²) in [5.41, 5.74) is 27.4. The summed E-state index contributed by atoms with van der Waals surface area (Å²) in [4.78, 5) is 19.7. The summed E-state index contributed by atoms with van der Waals surface area (Å²) in [7, 11) is 0. The molecule has 1 aliphatic heterocycles. The second-order valence-corrected chi connectivity index (χ2v) is 14.7. The number of rotatable bonds is 15. The number of hydrogen-bond acceptors (Lipinski definition) is 8. The molecule has 0 atom stereocenters. The number of nitrogens with zero attached hydrogens (tertiary/aromatic N) is 5. The van der Waals surface area contributed by atoms with Gasteiger partial charge in [-0.1, -0.05) is 68.2 Å². The largest absolute Gasteiger partial charge is 0.398 e. The Morgan fingerprint density at radius 2 is 1.34 bits per heavy atom. The molecule has 3 heterocycles. The van der Waals surface area contributed by atoms with Crippen molar-refractivity contribution >= 4 is 67.9 Å². The molecular weight excluding hydrogens is 693 g/mol. The van der Waals surface area contributed by atoms with E-state index in [0.29, 0.717) is 6.42 Å². The first-order valence-corrected chi connectivity index (χ1v) is 19.8. The minimum Gasteiger partial charge on any atom is -0.398 e. The number of hydrogen-bond donors (Lipinski definition) is 5. The smallest absolute Gasteiger partial charge is 0.258 e. The van der Waals surface area contributed by atoms with Gasteiger partial charge in [-0.2, -0.15) is 0 Å². The molecule has 56 heavy (non-hydrogen) atoms. The van der Waals surface area contributed by atoms with E-state index in [1.807, 2.05) is 81.4 Å². The molecule has 0 saturated heterocycles. The normalized spacial score (nSPS) is 13.5. The number of anilines is 5. The maximum atomic E-state index is 6.37. The third-order valence-electron chi connectivity index (χ3n) is 10.4. The van der Waals surface area contributed by atoms with Gasteiger partial charge < -0.3 is 27.4 Å². The number of aromatic nitrogens is 3. The zero-order valence-electron chi connectivity index (χ0n) is 33.0. The molecule has 0 saturated carbocycles. The van der Waals surface area contributed by atoms with Crippen LogP contribution in [-0.4, -0.2) is 34.6 Å². The van der Waals surface area contributed by atoms with Crippen molar-refractivity contribution in [3.8, 4) is 5.69 Å². The van der Waals surface area contributed by atoms with Gasteiger partial charge in [-0.15, -0.1) is 4.57 Å². The van der Waals surface area contributed by atoms with Crippen molar-refractivity contribution in [3.63, 3.8) is 0 Å². The minimum atomic E-state index is 0.673. The van der Waals surface area contributed by atoms with E-state index in [0.717, 1.165) is 122 Å². The van der Waals surface area contributed by atoms with E-state index >= 15 is 0 Å². The van der Waals surface area contributed by atoms with Crippen LogP contribution < -0.4 is 32.0 Å². The summed E-state index contributed by atoms with van der Waals surface area (Å²) < 4.78 is 2.22. The second-order valence-electron chi connectivity index (χ2n) is 14.7. The molecule has 7 rings (SSSR count). The first-order chi connectivity index (χ1) is 27.2. The van der Waals surface area contributed by atoms with E-state index < -0.39 is 0 Å². The monoisotopic (exact) mass is 745 g/mol. The first kappa shape index (κ1) is 38.0. The fourth-order valence-corrected chi connectivity index (χ4v) is 7.11. The predicted octanol–water partition coefficient (Wildman–Crippen LogP) is 9.71. The molecule has 2 aromatic heterocycles. The van der Waals surface area contributed by atoms with Gasteiger partial charge in [0.15, 0.2) is 0 Å². The number of pyridine rings is 1. The number of benzene rings is 4. The number of nitrogens with one attached hydrogen (secondary N) is 3. The van der Waals surface area contributed by atoms with Gasteiger partial charge in [0.1, 0.15) is 11.4 Å². The van der Waals surface area contributed by atoms with Crippen LogP contribution in [0.4, 0.5) is 34.1 Å². The number of amidine groups is 1. The van der Waals surface area contributed by atoms with E-state index in [1.165, 1.54) is 25.7 Å². The molecule has 6 aromatic rings. The average molecular weight is 746 g/mol. The van der Waals surface area contributed by atoms with Crippen molar-refractivity contribution in [2.45, 2.75) is 72.6 Å². The average Bonchev–Trinajstić information content (AvgIpc) is 3.19. The Balaban J connectivity index is 0.863. The standard InChI is InChI=1S/C46H52N10/c1-30-25-40(41(27-36(30)47)53-34-17-11-9-12-18-34)54-45-22-21-38(32(3)51-45)49-23-15-7-5-6-8-16-24-50-39-29-44-46(52-33(39)4)55-42-26-31(2)37(48)28-43(42)56(44)35-19-13-10-14-20-35/h9-14,17-21,25-29,49,53H,5-8,15-16,22-24,47H2,1-4H3,(H2,48,50)/p+1. The maximum Gasteiger partial charge on any atom is 0.258 e. The molecule has 0 radical (unpaired) electrons. The Labute approximate surface area is 329 Å². The van der Waals surface area contributed by atoms with Crippen molar-refractivity contribution in [3.05, 3.63) is 120 Å². The van der Waals surface area contributed by atoms with E-state index in [9.17, 15) is 0 Å². The van der Waals surface area contributed by atoms with Gasteiger partial charge >= 0.3 is 0 Å². The van der Waals surface area contributed by atoms with Gasteiger partial charge in [-0.3, -0.25) is 0 Å². The fourth-order valence-electron chi connectivity index (χ4n) is 7.11. The summed E-state index contributed by atoms with van der Waals surface area (Å²) in [5.74, 6) is 0.789. The highest BCUT2D eigenvalue weighted by Crippen LogP contribution is 2.33. The van der Waals surface area contributed by atoms with Gasteiger partial charge in [-0.25, -0.2) is 20.0 Å². The summed E-state index contributed by atoms with van der Waals surface area (Å²) in [6, 6.07) is 30.6. The number of dihydropyridines is 1. The van der Waals surface area contributed by atoms with Gasteiger partial charge in [0, 0.05) is 60.8 Å². The lowest BCUT2D eigenvalue weighted by molar-refractivity contribution is -0.538. The van der Waals surface area contributed by atoms with Gasteiger partial charge in [0.2, 0.25) is 16.9 Å². The van der Waals surface area contributed by atoms with E-state index in [-0.39, 0.29) is 0 Å². The Morgan fingerprint density at radius 3 is 2.07 bits per heavy atom. The van der Waals surface area contributed by atoms with E-state index in [4.69, 9.17) is 31.4 Å². The van der Waals surface area contributed by atoms with Crippen molar-refractivity contribution in [2.75, 3.05) is 35.2 Å². The molecule has 4 aromatic carbocycles. The highest BCUT2D eigenvalue weighted by atomic mass is 15.1. The lowest BCUT2D eigenvalue weighted by Crippen LogP contribution is -2.33. The number of aryl methyl sites for hydroxylation is 3. The van der Waals surface area contributed by atoms with Crippen LogP contribution >= 0.6 is 0 Å². The highest BCUT2D eigenvalue weighted by Gasteiger charge is 2.23. The van der Waals surface area contributed by atoms with Crippen LogP contribution in [0.1, 0.15) is 68.7 Å². The molecule has 0 spiro atoms. The second kappa shape index (κ2) is 17.5. The van der Waals surface area contributed by atoms with Crippen LogP contribution in [0.3, 0.4) is 0 Å².